The van der Waals surface area contributed by atoms with Gasteiger partial charge >= 0.3 is 0 Å². The Kier molecular flexibility index (Phi) is 3.66. The van der Waals surface area contributed by atoms with Gasteiger partial charge in [-0.1, -0.05) is 23.4 Å². The lowest BCUT2D eigenvalue weighted by molar-refractivity contribution is -0.127. The molecule has 1 aliphatic rings. The SMILES string of the molecule is O=C(CSc1nc2ccc(Cl)cc2[nH]1)N1CCCC1. The minimum absolute atomic E-state index is 0.195. The van der Waals surface area contributed by atoms with Crippen LogP contribution in [-0.2, 0) is 4.79 Å². The number of thioether (sulfide) groups is 1. The number of hydrogen-bond donors (Lipinski definition) is 1. The fourth-order valence-electron chi connectivity index (χ4n) is 2.21. The average Bonchev–Trinajstić information content (AvgIpc) is 3.04. The number of rotatable bonds is 3. The summed E-state index contributed by atoms with van der Waals surface area (Å²) >= 11 is 7.37. The Bertz CT molecular complexity index is 607. The van der Waals surface area contributed by atoms with E-state index in [4.69, 9.17) is 11.6 Å². The predicted octanol–water partition coefficient (Wildman–Crippen LogP) is 2.93. The number of halogens is 1. The molecular weight excluding hydrogens is 282 g/mol. The van der Waals surface area contributed by atoms with Crippen molar-refractivity contribution in [3.63, 3.8) is 0 Å². The summed E-state index contributed by atoms with van der Waals surface area (Å²) in [6.07, 6.45) is 2.25. The second-order valence-electron chi connectivity index (χ2n) is 4.58. The van der Waals surface area contributed by atoms with Crippen molar-refractivity contribution in [2.24, 2.45) is 0 Å². The van der Waals surface area contributed by atoms with Gasteiger partial charge in [-0.2, -0.15) is 0 Å². The van der Waals surface area contributed by atoms with E-state index in [1.165, 1.54) is 11.8 Å². The average molecular weight is 296 g/mol. The van der Waals surface area contributed by atoms with E-state index in [9.17, 15) is 4.79 Å². The summed E-state index contributed by atoms with van der Waals surface area (Å²) in [4.78, 5) is 21.5. The first-order valence-electron chi connectivity index (χ1n) is 6.28. The van der Waals surface area contributed by atoms with Crippen LogP contribution < -0.4 is 0 Å². The fourth-order valence-corrected chi connectivity index (χ4v) is 3.17. The Morgan fingerprint density at radius 1 is 1.42 bits per heavy atom. The van der Waals surface area contributed by atoms with Gasteiger partial charge in [0.25, 0.3) is 0 Å². The van der Waals surface area contributed by atoms with Gasteiger partial charge in [-0.05, 0) is 31.0 Å². The molecule has 100 valence electrons. The Morgan fingerprint density at radius 2 is 2.21 bits per heavy atom. The summed E-state index contributed by atoms with van der Waals surface area (Å²) in [5, 5.41) is 1.45. The minimum Gasteiger partial charge on any atom is -0.342 e. The molecule has 0 saturated carbocycles. The van der Waals surface area contributed by atoms with Gasteiger partial charge in [0.05, 0.1) is 16.8 Å². The van der Waals surface area contributed by atoms with Crippen LogP contribution in [0.25, 0.3) is 11.0 Å². The number of carbonyl (C=O) groups excluding carboxylic acids is 1. The van der Waals surface area contributed by atoms with Crippen molar-refractivity contribution in [2.45, 2.75) is 18.0 Å². The number of H-pyrrole nitrogens is 1. The quantitative estimate of drug-likeness (QED) is 0.886. The van der Waals surface area contributed by atoms with E-state index < -0.39 is 0 Å². The van der Waals surface area contributed by atoms with Crippen molar-refractivity contribution in [1.82, 2.24) is 14.9 Å². The molecule has 1 N–H and O–H groups in total. The van der Waals surface area contributed by atoms with Gasteiger partial charge in [-0.3, -0.25) is 4.79 Å². The van der Waals surface area contributed by atoms with Crippen LogP contribution in [0.5, 0.6) is 0 Å². The maximum Gasteiger partial charge on any atom is 0.233 e. The summed E-state index contributed by atoms with van der Waals surface area (Å²) in [6, 6.07) is 5.53. The number of nitrogens with zero attached hydrogens (tertiary/aromatic N) is 2. The zero-order valence-corrected chi connectivity index (χ0v) is 11.9. The number of benzene rings is 1. The molecule has 1 amide bonds. The van der Waals surface area contributed by atoms with E-state index in [1.807, 2.05) is 23.1 Å². The smallest absolute Gasteiger partial charge is 0.233 e. The van der Waals surface area contributed by atoms with Crippen LogP contribution >= 0.6 is 23.4 Å². The fraction of sp³-hybridized carbons (Fsp3) is 0.385. The van der Waals surface area contributed by atoms with Gasteiger partial charge in [-0.15, -0.1) is 0 Å². The number of aromatic amines is 1. The Morgan fingerprint density at radius 3 is 3.00 bits per heavy atom. The van der Waals surface area contributed by atoms with Gasteiger partial charge in [0.1, 0.15) is 0 Å². The predicted molar refractivity (Wildman–Crippen MR) is 77.6 cm³/mol. The molecule has 4 nitrogen and oxygen atoms in total. The van der Waals surface area contributed by atoms with Gasteiger partial charge < -0.3 is 9.88 Å². The molecule has 0 radical (unpaired) electrons. The number of nitrogens with one attached hydrogen (secondary N) is 1. The molecule has 1 aliphatic heterocycles. The molecule has 3 rings (SSSR count). The highest BCUT2D eigenvalue weighted by Crippen LogP contribution is 2.22. The maximum absolute atomic E-state index is 11.9. The van der Waals surface area contributed by atoms with E-state index in [2.05, 4.69) is 9.97 Å². The molecule has 0 bridgehead atoms. The highest BCUT2D eigenvalue weighted by Gasteiger charge is 2.18. The molecule has 6 heteroatoms. The third kappa shape index (κ3) is 2.87. The Hall–Kier alpha value is -1.20. The van der Waals surface area contributed by atoms with Crippen molar-refractivity contribution in [2.75, 3.05) is 18.8 Å². The summed E-state index contributed by atoms with van der Waals surface area (Å²) in [6.45, 7) is 1.80. The lowest BCUT2D eigenvalue weighted by Gasteiger charge is -2.13. The van der Waals surface area contributed by atoms with E-state index in [-0.39, 0.29) is 5.91 Å². The van der Waals surface area contributed by atoms with E-state index in [1.54, 1.807) is 0 Å². The van der Waals surface area contributed by atoms with Crippen LogP contribution in [0.3, 0.4) is 0 Å². The first-order valence-corrected chi connectivity index (χ1v) is 7.64. The van der Waals surface area contributed by atoms with Gasteiger partial charge in [-0.25, -0.2) is 4.98 Å². The van der Waals surface area contributed by atoms with Crippen LogP contribution in [0.1, 0.15) is 12.8 Å². The molecule has 1 fully saturated rings. The number of carbonyl (C=O) groups is 1. The van der Waals surface area contributed by atoms with Crippen molar-refractivity contribution >= 4 is 40.3 Å². The van der Waals surface area contributed by atoms with Crippen molar-refractivity contribution in [3.05, 3.63) is 23.2 Å². The molecule has 19 heavy (non-hydrogen) atoms. The lowest BCUT2D eigenvalue weighted by Crippen LogP contribution is -2.29. The molecule has 0 aliphatic carbocycles. The number of fused-ring (bicyclic) bond motifs is 1. The number of amides is 1. The zero-order chi connectivity index (χ0) is 13.2. The summed E-state index contributed by atoms with van der Waals surface area (Å²) in [5.41, 5.74) is 1.78. The Labute approximate surface area is 120 Å². The van der Waals surface area contributed by atoms with Gasteiger partial charge in [0.2, 0.25) is 5.91 Å². The van der Waals surface area contributed by atoms with E-state index >= 15 is 0 Å². The number of likely N-dealkylation sites (tertiary alicyclic amines) is 1. The monoisotopic (exact) mass is 295 g/mol. The number of imidazole rings is 1. The zero-order valence-electron chi connectivity index (χ0n) is 10.4. The minimum atomic E-state index is 0.195. The van der Waals surface area contributed by atoms with Crippen LogP contribution in [0.4, 0.5) is 0 Å². The number of aromatic nitrogens is 2. The third-order valence-corrected chi connectivity index (χ3v) is 4.31. The largest absolute Gasteiger partial charge is 0.342 e. The molecule has 1 saturated heterocycles. The molecule has 0 atom stereocenters. The molecular formula is C13H14ClN3OS. The molecule has 0 unspecified atom stereocenters. The standard InChI is InChI=1S/C13H14ClN3OS/c14-9-3-4-10-11(7-9)16-13(15-10)19-8-12(18)17-5-1-2-6-17/h3-4,7H,1-2,5-6,8H2,(H,15,16). The third-order valence-electron chi connectivity index (χ3n) is 3.21. The molecule has 2 heterocycles. The van der Waals surface area contributed by atoms with Crippen molar-refractivity contribution in [1.29, 1.82) is 0 Å². The first-order chi connectivity index (χ1) is 9.22. The summed E-state index contributed by atoms with van der Waals surface area (Å²) in [5.74, 6) is 0.633. The van der Waals surface area contributed by atoms with E-state index in [0.29, 0.717) is 10.8 Å². The highest BCUT2D eigenvalue weighted by molar-refractivity contribution is 7.99. The molecule has 0 spiro atoms. The normalized spacial score (nSPS) is 15.3. The van der Waals surface area contributed by atoms with Gasteiger partial charge in [0.15, 0.2) is 5.16 Å². The summed E-state index contributed by atoms with van der Waals surface area (Å²) < 4.78 is 0. The summed E-state index contributed by atoms with van der Waals surface area (Å²) in [7, 11) is 0. The first kappa shape index (κ1) is 12.8. The second-order valence-corrected chi connectivity index (χ2v) is 5.98. The number of hydrogen-bond acceptors (Lipinski definition) is 3. The van der Waals surface area contributed by atoms with Crippen molar-refractivity contribution < 1.29 is 4.79 Å². The van der Waals surface area contributed by atoms with Crippen LogP contribution in [-0.4, -0.2) is 39.6 Å². The van der Waals surface area contributed by atoms with Gasteiger partial charge in [0, 0.05) is 18.1 Å². The maximum atomic E-state index is 11.9. The molecule has 1 aromatic heterocycles. The second kappa shape index (κ2) is 5.43. The van der Waals surface area contributed by atoms with Crippen LogP contribution in [0.2, 0.25) is 5.02 Å². The Balaban J connectivity index is 1.66. The lowest BCUT2D eigenvalue weighted by atomic mass is 10.3. The van der Waals surface area contributed by atoms with Crippen molar-refractivity contribution in [3.8, 4) is 0 Å². The van der Waals surface area contributed by atoms with E-state index in [0.717, 1.165) is 42.1 Å². The van der Waals surface area contributed by atoms with Crippen LogP contribution in [0, 0.1) is 0 Å². The molecule has 1 aromatic carbocycles. The molecule has 2 aromatic rings. The van der Waals surface area contributed by atoms with Crippen LogP contribution in [0.15, 0.2) is 23.4 Å². The topological polar surface area (TPSA) is 49.0 Å². The highest BCUT2D eigenvalue weighted by atomic mass is 35.5.